The first kappa shape index (κ1) is 14.4. The molecule has 0 spiro atoms. The SMILES string of the molecule is Nc1cc(F)ccc1S(=O)(=O)NCc1ccc(Br)s1. The lowest BCUT2D eigenvalue weighted by Crippen LogP contribution is -2.23. The number of anilines is 1. The molecule has 0 aliphatic carbocycles. The maximum atomic E-state index is 12.9. The van der Waals surface area contributed by atoms with Crippen molar-refractivity contribution in [1.82, 2.24) is 4.72 Å². The molecule has 0 saturated heterocycles. The molecule has 0 atom stereocenters. The predicted octanol–water partition coefficient (Wildman–Crippen LogP) is 2.71. The normalized spacial score (nSPS) is 11.7. The van der Waals surface area contributed by atoms with E-state index in [0.29, 0.717) is 0 Å². The van der Waals surface area contributed by atoms with Crippen LogP contribution in [0.15, 0.2) is 39.0 Å². The average molecular weight is 365 g/mol. The lowest BCUT2D eigenvalue weighted by Gasteiger charge is -2.08. The van der Waals surface area contributed by atoms with Crippen LogP contribution < -0.4 is 10.5 Å². The Morgan fingerprint density at radius 1 is 1.32 bits per heavy atom. The molecule has 8 heteroatoms. The molecule has 0 unspecified atom stereocenters. The third kappa shape index (κ3) is 3.53. The highest BCUT2D eigenvalue weighted by Gasteiger charge is 2.17. The van der Waals surface area contributed by atoms with Crippen molar-refractivity contribution in [3.05, 3.63) is 44.8 Å². The van der Waals surface area contributed by atoms with E-state index < -0.39 is 15.8 Å². The molecule has 1 aromatic heterocycles. The topological polar surface area (TPSA) is 72.2 Å². The lowest BCUT2D eigenvalue weighted by molar-refractivity contribution is 0.581. The van der Waals surface area contributed by atoms with E-state index in [9.17, 15) is 12.8 Å². The van der Waals surface area contributed by atoms with Gasteiger partial charge in [0.2, 0.25) is 10.0 Å². The van der Waals surface area contributed by atoms with Gasteiger partial charge < -0.3 is 5.73 Å². The molecular formula is C11H10BrFN2O2S2. The van der Waals surface area contributed by atoms with Gasteiger partial charge in [-0.3, -0.25) is 0 Å². The van der Waals surface area contributed by atoms with Gasteiger partial charge in [-0.25, -0.2) is 17.5 Å². The van der Waals surface area contributed by atoms with Crippen LogP contribution in [-0.2, 0) is 16.6 Å². The van der Waals surface area contributed by atoms with E-state index in [4.69, 9.17) is 5.73 Å². The Hall–Kier alpha value is -0.960. The minimum absolute atomic E-state index is 0.111. The van der Waals surface area contributed by atoms with Crippen LogP contribution in [0.2, 0.25) is 0 Å². The van der Waals surface area contributed by atoms with Crippen LogP contribution in [0.25, 0.3) is 0 Å². The summed E-state index contributed by atoms with van der Waals surface area (Å²) in [7, 11) is -3.75. The van der Waals surface area contributed by atoms with E-state index in [2.05, 4.69) is 20.7 Å². The van der Waals surface area contributed by atoms with E-state index >= 15 is 0 Å². The summed E-state index contributed by atoms with van der Waals surface area (Å²) >= 11 is 4.73. The maximum Gasteiger partial charge on any atom is 0.242 e. The monoisotopic (exact) mass is 364 g/mol. The van der Waals surface area contributed by atoms with Crippen LogP contribution in [0.5, 0.6) is 0 Å². The second kappa shape index (κ2) is 5.58. The Morgan fingerprint density at radius 3 is 2.63 bits per heavy atom. The van der Waals surface area contributed by atoms with Gasteiger partial charge in [0.1, 0.15) is 10.7 Å². The molecule has 102 valence electrons. The van der Waals surface area contributed by atoms with Crippen molar-refractivity contribution in [1.29, 1.82) is 0 Å². The van der Waals surface area contributed by atoms with E-state index in [1.54, 1.807) is 0 Å². The highest BCUT2D eigenvalue weighted by atomic mass is 79.9. The summed E-state index contributed by atoms with van der Waals surface area (Å²) in [6.07, 6.45) is 0. The molecule has 0 aliphatic rings. The van der Waals surface area contributed by atoms with Gasteiger partial charge in [-0.1, -0.05) is 0 Å². The zero-order chi connectivity index (χ0) is 14.0. The van der Waals surface area contributed by atoms with Crippen molar-refractivity contribution in [3.63, 3.8) is 0 Å². The zero-order valence-electron chi connectivity index (χ0n) is 9.56. The Labute approximate surface area is 122 Å². The number of benzene rings is 1. The summed E-state index contributed by atoms with van der Waals surface area (Å²) in [6.45, 7) is 0.162. The summed E-state index contributed by atoms with van der Waals surface area (Å²) < 4.78 is 40.3. The van der Waals surface area contributed by atoms with Crippen molar-refractivity contribution in [2.75, 3.05) is 5.73 Å². The smallest absolute Gasteiger partial charge is 0.242 e. The fourth-order valence-electron chi connectivity index (χ4n) is 1.45. The largest absolute Gasteiger partial charge is 0.398 e. The fraction of sp³-hybridized carbons (Fsp3) is 0.0909. The summed E-state index contributed by atoms with van der Waals surface area (Å²) in [5.74, 6) is -0.571. The summed E-state index contributed by atoms with van der Waals surface area (Å²) in [5.41, 5.74) is 5.41. The van der Waals surface area contributed by atoms with Crippen molar-refractivity contribution in [2.45, 2.75) is 11.4 Å². The number of hydrogen-bond donors (Lipinski definition) is 2. The summed E-state index contributed by atoms with van der Waals surface area (Å²) in [5, 5.41) is 0. The second-order valence-electron chi connectivity index (χ2n) is 3.71. The molecule has 1 aromatic carbocycles. The van der Waals surface area contributed by atoms with Crippen LogP contribution >= 0.6 is 27.3 Å². The molecule has 0 radical (unpaired) electrons. The molecule has 0 bridgehead atoms. The highest BCUT2D eigenvalue weighted by molar-refractivity contribution is 9.11. The van der Waals surface area contributed by atoms with E-state index in [1.807, 2.05) is 12.1 Å². The lowest BCUT2D eigenvalue weighted by atomic mass is 10.3. The summed E-state index contributed by atoms with van der Waals surface area (Å²) in [6, 6.07) is 6.84. The number of sulfonamides is 1. The van der Waals surface area contributed by atoms with Crippen molar-refractivity contribution in [3.8, 4) is 0 Å². The standard InChI is InChI=1S/C11H10BrFN2O2S2/c12-11-4-2-8(18-11)6-15-19(16,17)10-3-1-7(13)5-9(10)14/h1-5,15H,6,14H2. The zero-order valence-corrected chi connectivity index (χ0v) is 12.8. The van der Waals surface area contributed by atoms with Gasteiger partial charge >= 0.3 is 0 Å². The number of hydrogen-bond acceptors (Lipinski definition) is 4. The molecule has 19 heavy (non-hydrogen) atoms. The number of halogens is 2. The molecular weight excluding hydrogens is 355 g/mol. The first-order valence-electron chi connectivity index (χ1n) is 5.17. The van der Waals surface area contributed by atoms with E-state index in [1.165, 1.54) is 11.3 Å². The minimum Gasteiger partial charge on any atom is -0.398 e. The van der Waals surface area contributed by atoms with E-state index in [0.717, 1.165) is 26.9 Å². The van der Waals surface area contributed by atoms with Gasteiger partial charge in [0.05, 0.1) is 9.47 Å². The highest BCUT2D eigenvalue weighted by Crippen LogP contribution is 2.23. The first-order valence-corrected chi connectivity index (χ1v) is 8.26. The molecule has 0 aliphatic heterocycles. The van der Waals surface area contributed by atoms with Crippen molar-refractivity contribution >= 4 is 43.0 Å². The number of thiophene rings is 1. The van der Waals surface area contributed by atoms with Gasteiger partial charge in [0.25, 0.3) is 0 Å². The summed E-state index contributed by atoms with van der Waals surface area (Å²) in [4.78, 5) is 0.737. The average Bonchev–Trinajstić information content (AvgIpc) is 2.72. The molecule has 0 amide bonds. The predicted molar refractivity (Wildman–Crippen MR) is 76.9 cm³/mol. The quantitative estimate of drug-likeness (QED) is 0.819. The minimum atomic E-state index is -3.75. The first-order chi connectivity index (χ1) is 8.88. The Kier molecular flexibility index (Phi) is 4.24. The molecule has 2 aromatic rings. The van der Waals surface area contributed by atoms with Crippen LogP contribution in [-0.4, -0.2) is 8.42 Å². The van der Waals surface area contributed by atoms with E-state index in [-0.39, 0.29) is 17.1 Å². The molecule has 0 saturated carbocycles. The van der Waals surface area contributed by atoms with Gasteiger partial charge in [-0.2, -0.15) is 0 Å². The van der Waals surface area contributed by atoms with Crippen molar-refractivity contribution < 1.29 is 12.8 Å². The van der Waals surface area contributed by atoms with Crippen LogP contribution in [0, 0.1) is 5.82 Å². The van der Waals surface area contributed by atoms with Gasteiger partial charge in [0.15, 0.2) is 0 Å². The molecule has 4 nitrogen and oxygen atoms in total. The maximum absolute atomic E-state index is 12.9. The fourth-order valence-corrected chi connectivity index (χ4v) is 4.09. The Bertz CT molecular complexity index is 700. The molecule has 2 rings (SSSR count). The molecule has 1 heterocycles. The van der Waals surface area contributed by atoms with Crippen LogP contribution in [0.3, 0.4) is 0 Å². The van der Waals surface area contributed by atoms with Gasteiger partial charge in [-0.15, -0.1) is 11.3 Å². The van der Waals surface area contributed by atoms with Crippen LogP contribution in [0.4, 0.5) is 10.1 Å². The van der Waals surface area contributed by atoms with Gasteiger partial charge in [0, 0.05) is 11.4 Å². The number of rotatable bonds is 4. The van der Waals surface area contributed by atoms with Crippen molar-refractivity contribution in [2.24, 2.45) is 0 Å². The molecule has 3 N–H and O–H groups in total. The second-order valence-corrected chi connectivity index (χ2v) is 8.00. The number of nitrogen functional groups attached to an aromatic ring is 1. The Morgan fingerprint density at radius 2 is 2.05 bits per heavy atom. The third-order valence-corrected chi connectivity index (χ3v) is 5.43. The van der Waals surface area contributed by atoms with Gasteiger partial charge in [-0.05, 0) is 46.3 Å². The number of nitrogens with one attached hydrogen (secondary N) is 1. The van der Waals surface area contributed by atoms with Crippen LogP contribution in [0.1, 0.15) is 4.88 Å². The Balaban J connectivity index is 2.18. The third-order valence-electron chi connectivity index (χ3n) is 2.33. The number of nitrogens with two attached hydrogens (primary N) is 1. The molecule has 0 fully saturated rings.